The van der Waals surface area contributed by atoms with Crippen molar-refractivity contribution >= 4 is 44.8 Å². The molecule has 4 nitrogen and oxygen atoms in total. The molecule has 0 aliphatic rings. The van der Waals surface area contributed by atoms with Gasteiger partial charge in [-0.1, -0.05) is 34.8 Å². The summed E-state index contributed by atoms with van der Waals surface area (Å²) in [6.45, 7) is 0.0209. The van der Waals surface area contributed by atoms with Gasteiger partial charge in [-0.25, -0.2) is 13.1 Å². The van der Waals surface area contributed by atoms with Crippen LogP contribution in [-0.2, 0) is 10.0 Å². The maximum atomic E-state index is 11.8. The molecule has 0 aliphatic carbocycles. The van der Waals surface area contributed by atoms with E-state index < -0.39 is 10.0 Å². The van der Waals surface area contributed by atoms with E-state index >= 15 is 0 Å². The predicted molar refractivity (Wildman–Crippen MR) is 68.4 cm³/mol. The molecular weight excluding hydrogens is 309 g/mol. The molecule has 0 spiro atoms. The molecule has 0 aromatic heterocycles. The minimum absolute atomic E-state index is 0.00151. The van der Waals surface area contributed by atoms with Gasteiger partial charge in [0.1, 0.15) is 4.90 Å². The Balaban J connectivity index is 3.04. The fraction of sp³-hybridized carbons (Fsp3) is 0.333. The number of hydrogen-bond acceptors (Lipinski definition) is 3. The van der Waals surface area contributed by atoms with E-state index in [1.54, 1.807) is 0 Å². The molecule has 0 amide bonds. The van der Waals surface area contributed by atoms with Gasteiger partial charge in [0.05, 0.1) is 15.1 Å². The average Bonchev–Trinajstić information content (AvgIpc) is 2.26. The first kappa shape index (κ1) is 15.0. The zero-order valence-corrected chi connectivity index (χ0v) is 11.7. The lowest BCUT2D eigenvalue weighted by Crippen LogP contribution is -2.25. The quantitative estimate of drug-likeness (QED) is 0.647. The highest BCUT2D eigenvalue weighted by Crippen LogP contribution is 2.34. The SMILES string of the molecule is O=S(=O)(NCCCO)c1ccc(Cl)c(Cl)c1Cl. The van der Waals surface area contributed by atoms with Gasteiger partial charge in [-0.3, -0.25) is 0 Å². The smallest absolute Gasteiger partial charge is 0.242 e. The van der Waals surface area contributed by atoms with E-state index in [4.69, 9.17) is 39.9 Å². The fourth-order valence-corrected chi connectivity index (χ4v) is 3.13. The average molecular weight is 319 g/mol. The summed E-state index contributed by atoms with van der Waals surface area (Å²) in [5, 5.41) is 8.64. The van der Waals surface area contributed by atoms with Crippen molar-refractivity contribution in [1.82, 2.24) is 4.72 Å². The molecule has 1 aromatic carbocycles. The van der Waals surface area contributed by atoms with Crippen LogP contribution in [0, 0.1) is 0 Å². The second-order valence-corrected chi connectivity index (χ2v) is 6.05. The van der Waals surface area contributed by atoms with Gasteiger partial charge in [0.15, 0.2) is 0 Å². The van der Waals surface area contributed by atoms with Gasteiger partial charge < -0.3 is 5.11 Å². The van der Waals surface area contributed by atoms with Crippen LogP contribution < -0.4 is 4.72 Å². The summed E-state index contributed by atoms with van der Waals surface area (Å²) in [7, 11) is -3.74. The summed E-state index contributed by atoms with van der Waals surface area (Å²) in [5.41, 5.74) is 0. The van der Waals surface area contributed by atoms with E-state index in [9.17, 15) is 8.42 Å². The molecule has 8 heteroatoms. The zero-order valence-electron chi connectivity index (χ0n) is 8.58. The Kier molecular flexibility index (Phi) is 5.50. The van der Waals surface area contributed by atoms with Gasteiger partial charge in [-0.05, 0) is 18.6 Å². The van der Waals surface area contributed by atoms with Crippen molar-refractivity contribution in [3.63, 3.8) is 0 Å². The molecule has 0 saturated heterocycles. The van der Waals surface area contributed by atoms with E-state index in [2.05, 4.69) is 4.72 Å². The van der Waals surface area contributed by atoms with Crippen molar-refractivity contribution in [2.75, 3.05) is 13.2 Å². The first-order valence-electron chi connectivity index (χ1n) is 4.64. The number of hydrogen-bond donors (Lipinski definition) is 2. The Morgan fingerprint density at radius 3 is 2.41 bits per heavy atom. The van der Waals surface area contributed by atoms with Gasteiger partial charge in [0.25, 0.3) is 0 Å². The number of nitrogens with one attached hydrogen (secondary N) is 1. The Morgan fingerprint density at radius 1 is 1.18 bits per heavy atom. The predicted octanol–water partition coefficient (Wildman–Crippen LogP) is 2.31. The lowest BCUT2D eigenvalue weighted by Gasteiger charge is -2.09. The van der Waals surface area contributed by atoms with E-state index in [0.717, 1.165) is 0 Å². The van der Waals surface area contributed by atoms with Crippen molar-refractivity contribution in [2.24, 2.45) is 0 Å². The lowest BCUT2D eigenvalue weighted by molar-refractivity contribution is 0.289. The zero-order chi connectivity index (χ0) is 13.1. The number of aliphatic hydroxyl groups excluding tert-OH is 1. The third-order valence-electron chi connectivity index (χ3n) is 1.92. The van der Waals surface area contributed by atoms with Crippen molar-refractivity contribution in [2.45, 2.75) is 11.3 Å². The molecule has 0 bridgehead atoms. The van der Waals surface area contributed by atoms with Crippen molar-refractivity contribution in [1.29, 1.82) is 0 Å². The maximum Gasteiger partial charge on any atom is 0.242 e. The van der Waals surface area contributed by atoms with Gasteiger partial charge in [0.2, 0.25) is 10.0 Å². The van der Waals surface area contributed by atoms with Crippen LogP contribution in [-0.4, -0.2) is 26.7 Å². The maximum absolute atomic E-state index is 11.8. The van der Waals surface area contributed by atoms with Crippen LogP contribution in [0.4, 0.5) is 0 Å². The summed E-state index contributed by atoms with van der Waals surface area (Å²) in [4.78, 5) is -0.133. The number of sulfonamides is 1. The topological polar surface area (TPSA) is 66.4 Å². The second kappa shape index (κ2) is 6.22. The van der Waals surface area contributed by atoms with Crippen LogP contribution in [0.1, 0.15) is 6.42 Å². The largest absolute Gasteiger partial charge is 0.396 e. The molecule has 2 N–H and O–H groups in total. The summed E-state index contributed by atoms with van der Waals surface area (Å²) in [6, 6.07) is 2.63. The van der Waals surface area contributed by atoms with Crippen molar-refractivity contribution < 1.29 is 13.5 Å². The normalized spacial score (nSPS) is 11.8. The first-order chi connectivity index (χ1) is 7.90. The molecule has 0 fully saturated rings. The summed E-state index contributed by atoms with van der Waals surface area (Å²) in [6.07, 6.45) is 0.318. The Morgan fingerprint density at radius 2 is 1.82 bits per heavy atom. The fourth-order valence-electron chi connectivity index (χ4n) is 1.08. The molecule has 0 heterocycles. The third kappa shape index (κ3) is 3.71. The Bertz CT molecular complexity index is 504. The van der Waals surface area contributed by atoms with Gasteiger partial charge in [-0.2, -0.15) is 0 Å². The molecule has 0 unspecified atom stereocenters. The van der Waals surface area contributed by atoms with Crippen molar-refractivity contribution in [3.8, 4) is 0 Å². The highest BCUT2D eigenvalue weighted by atomic mass is 35.5. The number of aliphatic hydroxyl groups is 1. The van der Waals surface area contributed by atoms with Crippen LogP contribution in [0.15, 0.2) is 17.0 Å². The summed E-state index contributed by atoms with van der Waals surface area (Å²) in [5.74, 6) is 0. The van der Waals surface area contributed by atoms with Gasteiger partial charge in [-0.15, -0.1) is 0 Å². The van der Waals surface area contributed by atoms with E-state index in [1.807, 2.05) is 0 Å². The molecule has 0 saturated carbocycles. The molecule has 0 atom stereocenters. The minimum atomic E-state index is -3.74. The number of halogens is 3. The monoisotopic (exact) mass is 317 g/mol. The molecule has 0 aliphatic heterocycles. The van der Waals surface area contributed by atoms with Gasteiger partial charge in [0, 0.05) is 13.2 Å². The Labute approximate surface area is 115 Å². The molecule has 1 aromatic rings. The molecule has 1 rings (SSSR count). The van der Waals surface area contributed by atoms with Crippen LogP contribution in [0.3, 0.4) is 0 Å². The summed E-state index contributed by atoms with van der Waals surface area (Å²) >= 11 is 17.3. The highest BCUT2D eigenvalue weighted by molar-refractivity contribution is 7.89. The van der Waals surface area contributed by atoms with Crippen LogP contribution in [0.5, 0.6) is 0 Å². The van der Waals surface area contributed by atoms with Crippen LogP contribution >= 0.6 is 34.8 Å². The van der Waals surface area contributed by atoms with E-state index in [0.29, 0.717) is 6.42 Å². The highest BCUT2D eigenvalue weighted by Gasteiger charge is 2.20. The van der Waals surface area contributed by atoms with E-state index in [-0.39, 0.29) is 33.1 Å². The minimum Gasteiger partial charge on any atom is -0.396 e. The molecule has 17 heavy (non-hydrogen) atoms. The lowest BCUT2D eigenvalue weighted by atomic mass is 10.4. The van der Waals surface area contributed by atoms with E-state index in [1.165, 1.54) is 12.1 Å². The van der Waals surface area contributed by atoms with Crippen molar-refractivity contribution in [3.05, 3.63) is 27.2 Å². The van der Waals surface area contributed by atoms with Crippen LogP contribution in [0.25, 0.3) is 0 Å². The van der Waals surface area contributed by atoms with Crippen LogP contribution in [0.2, 0.25) is 15.1 Å². The number of benzene rings is 1. The number of rotatable bonds is 5. The Hall–Kier alpha value is -0.0400. The summed E-state index contributed by atoms with van der Waals surface area (Å²) < 4.78 is 25.9. The standard InChI is InChI=1S/C9H10Cl3NO3S/c10-6-2-3-7(9(12)8(6)11)17(15,16)13-4-1-5-14/h2-3,13-14H,1,4-5H2. The second-order valence-electron chi connectivity index (χ2n) is 3.15. The molecule has 96 valence electrons. The third-order valence-corrected chi connectivity index (χ3v) is 4.83. The molecular formula is C9H10Cl3NO3S. The first-order valence-corrected chi connectivity index (χ1v) is 7.26. The molecule has 0 radical (unpaired) electrons. The van der Waals surface area contributed by atoms with Gasteiger partial charge >= 0.3 is 0 Å².